The quantitative estimate of drug-likeness (QED) is 0.428. The first-order chi connectivity index (χ1) is 11.4. The Bertz CT molecular complexity index is 877. The van der Waals surface area contributed by atoms with E-state index in [-0.39, 0.29) is 10.6 Å². The summed E-state index contributed by atoms with van der Waals surface area (Å²) in [4.78, 5) is 0.439. The fraction of sp³-hybridized carbons (Fsp3) is 0.125. The summed E-state index contributed by atoms with van der Waals surface area (Å²) in [6.45, 7) is 5.89. The van der Waals surface area contributed by atoms with Crippen LogP contribution in [0.2, 0.25) is 0 Å². The number of nitrogens with zero attached hydrogens (tertiary/aromatic N) is 2. The number of rotatable bonds is 7. The molecule has 0 bridgehead atoms. The third-order valence-corrected chi connectivity index (χ3v) is 4.68. The summed E-state index contributed by atoms with van der Waals surface area (Å²) in [5, 5.41) is 14.2. The van der Waals surface area contributed by atoms with Gasteiger partial charge in [0.1, 0.15) is 23.3 Å². The van der Waals surface area contributed by atoms with E-state index in [0.717, 1.165) is 5.57 Å². The number of oxime groups is 1. The van der Waals surface area contributed by atoms with E-state index < -0.39 is 10.1 Å². The number of ether oxygens (including phenoxy) is 1. The normalized spacial score (nSPS) is 11.6. The van der Waals surface area contributed by atoms with Crippen molar-refractivity contribution in [1.82, 2.24) is 0 Å². The Morgan fingerprint density at radius 3 is 2.58 bits per heavy atom. The lowest BCUT2D eigenvalue weighted by Crippen LogP contribution is -2.05. The molecule has 0 saturated heterocycles. The Hall–Kier alpha value is -2.63. The van der Waals surface area contributed by atoms with Gasteiger partial charge >= 0.3 is 10.1 Å². The molecule has 0 aliphatic carbocycles. The van der Waals surface area contributed by atoms with E-state index in [2.05, 4.69) is 16.0 Å². The second kappa shape index (κ2) is 7.77. The first-order valence-electron chi connectivity index (χ1n) is 6.75. The molecule has 0 N–H and O–H groups in total. The van der Waals surface area contributed by atoms with Crippen molar-refractivity contribution >= 4 is 27.2 Å². The predicted octanol–water partition coefficient (Wildman–Crippen LogP) is 3.34. The highest BCUT2D eigenvalue weighted by Gasteiger charge is 2.17. The Morgan fingerprint density at radius 1 is 1.33 bits per heavy atom. The molecule has 0 unspecified atom stereocenters. The standard InChI is InChI=1S/C16H14N2O4S2/c1-12(2)11-21-13-5-7-14(8-6-13)24(19,20)22-18-15(10-17)16-4-3-9-23-16/h3-9H,1,11H2,2H3/b18-15+. The molecule has 0 atom stereocenters. The molecule has 2 aromatic rings. The van der Waals surface area contributed by atoms with Gasteiger partial charge in [-0.1, -0.05) is 17.8 Å². The van der Waals surface area contributed by atoms with E-state index in [9.17, 15) is 8.42 Å². The van der Waals surface area contributed by atoms with Gasteiger partial charge in [0, 0.05) is 0 Å². The molecule has 0 aliphatic heterocycles. The van der Waals surface area contributed by atoms with Gasteiger partial charge in [0.25, 0.3) is 0 Å². The van der Waals surface area contributed by atoms with Gasteiger partial charge in [-0.25, -0.2) is 0 Å². The van der Waals surface area contributed by atoms with Gasteiger partial charge in [-0.15, -0.1) is 11.3 Å². The Morgan fingerprint density at radius 2 is 2.04 bits per heavy atom. The second-order valence-corrected chi connectivity index (χ2v) is 7.25. The van der Waals surface area contributed by atoms with Crippen LogP contribution in [0.1, 0.15) is 11.8 Å². The summed E-state index contributed by atoms with van der Waals surface area (Å²) in [6.07, 6.45) is 0. The van der Waals surface area contributed by atoms with Gasteiger partial charge in [0.15, 0.2) is 5.71 Å². The van der Waals surface area contributed by atoms with Crippen LogP contribution in [0.25, 0.3) is 0 Å². The van der Waals surface area contributed by atoms with E-state index in [0.29, 0.717) is 17.2 Å². The van der Waals surface area contributed by atoms with Gasteiger partial charge in [0.05, 0.1) is 4.88 Å². The van der Waals surface area contributed by atoms with Crippen molar-refractivity contribution in [2.24, 2.45) is 5.16 Å². The molecule has 0 fully saturated rings. The summed E-state index contributed by atoms with van der Waals surface area (Å²) in [5.41, 5.74) is 0.747. The molecule has 24 heavy (non-hydrogen) atoms. The first kappa shape index (κ1) is 17.7. The van der Waals surface area contributed by atoms with E-state index in [1.165, 1.54) is 35.6 Å². The van der Waals surface area contributed by atoms with Crippen molar-refractivity contribution in [3.8, 4) is 11.8 Å². The number of nitriles is 1. The molecule has 1 heterocycles. The van der Waals surface area contributed by atoms with Crippen LogP contribution in [0.3, 0.4) is 0 Å². The molecular formula is C16H14N2O4S2. The second-order valence-electron chi connectivity index (χ2n) is 4.77. The molecule has 0 amide bonds. The van der Waals surface area contributed by atoms with Gasteiger partial charge < -0.3 is 4.74 Å². The Labute approximate surface area is 144 Å². The highest BCUT2D eigenvalue weighted by Crippen LogP contribution is 2.19. The number of thiophene rings is 1. The van der Waals surface area contributed by atoms with Crippen LogP contribution in [0.4, 0.5) is 0 Å². The van der Waals surface area contributed by atoms with Crippen LogP contribution in [-0.4, -0.2) is 20.7 Å². The molecule has 124 valence electrons. The van der Waals surface area contributed by atoms with Crippen molar-refractivity contribution in [2.45, 2.75) is 11.8 Å². The lowest BCUT2D eigenvalue weighted by molar-refractivity contribution is 0.339. The molecule has 1 aromatic carbocycles. The maximum absolute atomic E-state index is 12.1. The van der Waals surface area contributed by atoms with E-state index in [1.807, 2.05) is 13.0 Å². The van der Waals surface area contributed by atoms with Gasteiger partial charge in [0.2, 0.25) is 0 Å². The van der Waals surface area contributed by atoms with E-state index in [1.54, 1.807) is 17.5 Å². The predicted molar refractivity (Wildman–Crippen MR) is 91.5 cm³/mol. The maximum atomic E-state index is 12.1. The van der Waals surface area contributed by atoms with Crippen LogP contribution >= 0.6 is 11.3 Å². The summed E-state index contributed by atoms with van der Waals surface area (Å²) >= 11 is 1.26. The van der Waals surface area contributed by atoms with Crippen molar-refractivity contribution in [1.29, 1.82) is 5.26 Å². The highest BCUT2D eigenvalue weighted by molar-refractivity contribution is 7.86. The third-order valence-electron chi connectivity index (χ3n) is 2.68. The fourth-order valence-corrected chi connectivity index (χ4v) is 2.96. The first-order valence-corrected chi connectivity index (χ1v) is 9.04. The smallest absolute Gasteiger partial charge is 0.358 e. The summed E-state index contributed by atoms with van der Waals surface area (Å²) < 4.78 is 34.2. The molecule has 1 aromatic heterocycles. The minimum atomic E-state index is -4.11. The van der Waals surface area contributed by atoms with Crippen LogP contribution in [0.5, 0.6) is 5.75 Å². The lowest BCUT2D eigenvalue weighted by Gasteiger charge is -2.06. The summed E-state index contributed by atoms with van der Waals surface area (Å²) in [5.74, 6) is 0.511. The molecule has 0 spiro atoms. The average molecular weight is 362 g/mol. The fourth-order valence-electron chi connectivity index (χ4n) is 1.57. The SMILES string of the molecule is C=C(C)COc1ccc(S(=O)(=O)O/N=C(\C#N)c2cccs2)cc1. The molecule has 6 nitrogen and oxygen atoms in total. The van der Waals surface area contributed by atoms with Crippen molar-refractivity contribution in [2.75, 3.05) is 6.61 Å². The zero-order valence-corrected chi connectivity index (χ0v) is 14.4. The monoisotopic (exact) mass is 362 g/mol. The van der Waals surface area contributed by atoms with Crippen LogP contribution < -0.4 is 4.74 Å². The lowest BCUT2D eigenvalue weighted by atomic mass is 10.3. The minimum Gasteiger partial charge on any atom is -0.489 e. The zero-order valence-electron chi connectivity index (χ0n) is 12.8. The Kier molecular flexibility index (Phi) is 5.73. The van der Waals surface area contributed by atoms with Crippen molar-refractivity contribution in [3.63, 3.8) is 0 Å². The molecule has 8 heteroatoms. The molecular weight excluding hydrogens is 348 g/mol. The molecule has 0 saturated carbocycles. The van der Waals surface area contributed by atoms with Crippen LogP contribution in [0, 0.1) is 11.3 Å². The highest BCUT2D eigenvalue weighted by atomic mass is 32.2. The van der Waals surface area contributed by atoms with Gasteiger partial charge in [-0.05, 0) is 48.2 Å². The number of hydrogen-bond acceptors (Lipinski definition) is 7. The summed E-state index contributed by atoms with van der Waals surface area (Å²) in [7, 11) is -4.11. The van der Waals surface area contributed by atoms with Gasteiger partial charge in [-0.2, -0.15) is 13.7 Å². The molecule has 0 aliphatic rings. The average Bonchev–Trinajstić information content (AvgIpc) is 3.08. The maximum Gasteiger partial charge on any atom is 0.358 e. The van der Waals surface area contributed by atoms with E-state index >= 15 is 0 Å². The van der Waals surface area contributed by atoms with Crippen molar-refractivity contribution < 1.29 is 17.4 Å². The van der Waals surface area contributed by atoms with Crippen molar-refractivity contribution in [3.05, 3.63) is 58.8 Å². The topological polar surface area (TPSA) is 88.8 Å². The molecule has 2 rings (SSSR count). The van der Waals surface area contributed by atoms with Crippen LogP contribution in [-0.2, 0) is 14.4 Å². The summed E-state index contributed by atoms with van der Waals surface area (Å²) in [6, 6.07) is 10.9. The van der Waals surface area contributed by atoms with Gasteiger partial charge in [-0.3, -0.25) is 4.28 Å². The number of hydrogen-bond donors (Lipinski definition) is 0. The largest absolute Gasteiger partial charge is 0.489 e. The van der Waals surface area contributed by atoms with Crippen LogP contribution in [0.15, 0.2) is 64.0 Å². The molecule has 0 radical (unpaired) electrons. The van der Waals surface area contributed by atoms with E-state index in [4.69, 9.17) is 10.00 Å². The number of benzene rings is 1. The zero-order chi connectivity index (χ0) is 17.6. The minimum absolute atomic E-state index is 0.0857. The third kappa shape index (κ3) is 4.68. The Balaban J connectivity index is 2.13.